The number of amides is 2. The average Bonchev–Trinajstić information content (AvgIpc) is 3.14. The fourth-order valence-corrected chi connectivity index (χ4v) is 4.48. The molecule has 1 aromatic rings. The van der Waals surface area contributed by atoms with Crippen LogP contribution in [0.3, 0.4) is 0 Å². The molecule has 1 aliphatic carbocycles. The number of hydrogen-bond acceptors (Lipinski definition) is 3. The molecule has 2 aliphatic heterocycles. The summed E-state index contributed by atoms with van der Waals surface area (Å²) in [5.41, 5.74) is 0.262. The third-order valence-electron chi connectivity index (χ3n) is 6.21. The Morgan fingerprint density at radius 3 is 2.79 bits per heavy atom. The summed E-state index contributed by atoms with van der Waals surface area (Å²) in [6.45, 7) is 3.06. The zero-order valence-electron chi connectivity index (χ0n) is 14.4. The molecule has 0 aromatic carbocycles. The molecule has 6 nitrogen and oxygen atoms in total. The lowest BCUT2D eigenvalue weighted by molar-refractivity contribution is -0.146. The van der Waals surface area contributed by atoms with Gasteiger partial charge in [0.25, 0.3) is 5.91 Å². The first-order valence-electron chi connectivity index (χ1n) is 9.16. The summed E-state index contributed by atoms with van der Waals surface area (Å²) in [6, 6.07) is 1.75. The maximum absolute atomic E-state index is 13.1. The van der Waals surface area contributed by atoms with Gasteiger partial charge in [-0.2, -0.15) is 5.10 Å². The molecular formula is C18H26N4O2. The van der Waals surface area contributed by atoms with Gasteiger partial charge in [-0.1, -0.05) is 6.42 Å². The van der Waals surface area contributed by atoms with Crippen molar-refractivity contribution in [1.82, 2.24) is 19.6 Å². The molecule has 0 N–H and O–H groups in total. The van der Waals surface area contributed by atoms with Crippen molar-refractivity contribution in [2.45, 2.75) is 38.5 Å². The zero-order valence-corrected chi connectivity index (χ0v) is 14.4. The molecule has 1 aromatic heterocycles. The molecule has 3 aliphatic rings. The van der Waals surface area contributed by atoms with Gasteiger partial charge in [0, 0.05) is 39.4 Å². The van der Waals surface area contributed by atoms with E-state index in [1.807, 2.05) is 4.90 Å². The molecule has 0 unspecified atom stereocenters. The first-order chi connectivity index (χ1) is 11.6. The van der Waals surface area contributed by atoms with Gasteiger partial charge < -0.3 is 9.80 Å². The number of nitrogens with zero attached hydrogens (tertiary/aromatic N) is 4. The standard InChI is InChI=1S/C18H26N4O2/c1-20-15(6-9-19-20)16(23)22-11-8-18(13-22)7-3-10-21(17(18)24)12-14-4-2-5-14/h6,9,14H,2-5,7-8,10-13H2,1H3/t18-/m0/s1. The Bertz CT molecular complexity index is 651. The number of carbonyl (C=O) groups excluding carboxylic acids is 2. The Kier molecular flexibility index (Phi) is 3.85. The maximum atomic E-state index is 13.1. The normalized spacial score (nSPS) is 27.8. The highest BCUT2D eigenvalue weighted by molar-refractivity contribution is 5.94. The minimum absolute atomic E-state index is 0.00390. The van der Waals surface area contributed by atoms with Crippen molar-refractivity contribution in [3.05, 3.63) is 18.0 Å². The molecular weight excluding hydrogens is 304 g/mol. The van der Waals surface area contributed by atoms with E-state index in [0.717, 1.165) is 32.4 Å². The van der Waals surface area contributed by atoms with Gasteiger partial charge in [0.2, 0.25) is 5.91 Å². The fourth-order valence-electron chi connectivity index (χ4n) is 4.48. The molecule has 0 bridgehead atoms. The van der Waals surface area contributed by atoms with E-state index >= 15 is 0 Å². The second-order valence-electron chi connectivity index (χ2n) is 7.75. The van der Waals surface area contributed by atoms with Crippen molar-refractivity contribution in [3.63, 3.8) is 0 Å². The number of aryl methyl sites for hydroxylation is 1. The van der Waals surface area contributed by atoms with Crippen molar-refractivity contribution < 1.29 is 9.59 Å². The summed E-state index contributed by atoms with van der Waals surface area (Å²) in [5.74, 6) is 0.995. The van der Waals surface area contributed by atoms with Crippen LogP contribution in [0.1, 0.15) is 49.0 Å². The van der Waals surface area contributed by atoms with E-state index in [0.29, 0.717) is 30.6 Å². The number of piperidine rings is 1. The Balaban J connectivity index is 1.46. The monoisotopic (exact) mass is 330 g/mol. The van der Waals surface area contributed by atoms with E-state index in [2.05, 4.69) is 10.00 Å². The average molecular weight is 330 g/mol. The summed E-state index contributed by atoms with van der Waals surface area (Å²) in [6.07, 6.45) is 8.27. The van der Waals surface area contributed by atoms with Crippen LogP contribution in [-0.4, -0.2) is 57.6 Å². The smallest absolute Gasteiger partial charge is 0.272 e. The van der Waals surface area contributed by atoms with Crippen molar-refractivity contribution in [3.8, 4) is 0 Å². The number of hydrogen-bond donors (Lipinski definition) is 0. The van der Waals surface area contributed by atoms with Crippen molar-refractivity contribution in [2.75, 3.05) is 26.2 Å². The quantitative estimate of drug-likeness (QED) is 0.847. The lowest BCUT2D eigenvalue weighted by Crippen LogP contribution is -2.52. The van der Waals surface area contributed by atoms with Gasteiger partial charge in [-0.05, 0) is 44.1 Å². The number of carbonyl (C=O) groups is 2. The minimum Gasteiger partial charge on any atom is -0.342 e. The number of rotatable bonds is 3. The van der Waals surface area contributed by atoms with Gasteiger partial charge in [0.05, 0.1) is 5.41 Å². The van der Waals surface area contributed by atoms with Gasteiger partial charge in [-0.15, -0.1) is 0 Å². The molecule has 4 rings (SSSR count). The first kappa shape index (κ1) is 15.7. The van der Waals surface area contributed by atoms with Gasteiger partial charge in [-0.3, -0.25) is 14.3 Å². The molecule has 130 valence electrons. The van der Waals surface area contributed by atoms with E-state index in [4.69, 9.17) is 0 Å². The minimum atomic E-state index is -0.337. The Morgan fingerprint density at radius 2 is 2.12 bits per heavy atom. The molecule has 2 amide bonds. The molecule has 24 heavy (non-hydrogen) atoms. The van der Waals surface area contributed by atoms with Crippen LogP contribution in [-0.2, 0) is 11.8 Å². The van der Waals surface area contributed by atoms with Gasteiger partial charge in [0.1, 0.15) is 5.69 Å². The highest BCUT2D eigenvalue weighted by Gasteiger charge is 2.49. The molecule has 2 saturated heterocycles. The van der Waals surface area contributed by atoms with Crippen molar-refractivity contribution in [2.24, 2.45) is 18.4 Å². The van der Waals surface area contributed by atoms with Crippen LogP contribution >= 0.6 is 0 Å². The van der Waals surface area contributed by atoms with Gasteiger partial charge >= 0.3 is 0 Å². The topological polar surface area (TPSA) is 58.4 Å². The maximum Gasteiger partial charge on any atom is 0.272 e. The van der Waals surface area contributed by atoms with Crippen LogP contribution in [0.2, 0.25) is 0 Å². The van der Waals surface area contributed by atoms with Crippen molar-refractivity contribution >= 4 is 11.8 Å². The Morgan fingerprint density at radius 1 is 1.29 bits per heavy atom. The summed E-state index contributed by atoms with van der Waals surface area (Å²) in [5, 5.41) is 4.08. The number of likely N-dealkylation sites (tertiary alicyclic amines) is 2. The lowest BCUT2D eigenvalue weighted by Gasteiger charge is -2.42. The lowest BCUT2D eigenvalue weighted by atomic mass is 9.77. The SMILES string of the molecule is Cn1nccc1C(=O)N1CC[C@@]2(CCCN(CC3CCC3)C2=O)C1. The van der Waals surface area contributed by atoms with Gasteiger partial charge in [-0.25, -0.2) is 0 Å². The molecule has 1 saturated carbocycles. The van der Waals surface area contributed by atoms with Crippen LogP contribution in [0.25, 0.3) is 0 Å². The number of aromatic nitrogens is 2. The third kappa shape index (κ3) is 2.52. The predicted octanol–water partition coefficient (Wildman–Crippen LogP) is 1.67. The Labute approximate surface area is 142 Å². The predicted molar refractivity (Wildman–Crippen MR) is 89.3 cm³/mol. The molecule has 0 radical (unpaired) electrons. The highest BCUT2D eigenvalue weighted by Crippen LogP contribution is 2.41. The molecule has 3 fully saturated rings. The highest BCUT2D eigenvalue weighted by atomic mass is 16.2. The van der Waals surface area contributed by atoms with E-state index in [9.17, 15) is 9.59 Å². The van der Waals surface area contributed by atoms with E-state index in [1.165, 1.54) is 19.3 Å². The summed E-state index contributed by atoms with van der Waals surface area (Å²) in [7, 11) is 1.78. The van der Waals surface area contributed by atoms with E-state index < -0.39 is 0 Å². The largest absolute Gasteiger partial charge is 0.342 e. The third-order valence-corrected chi connectivity index (χ3v) is 6.21. The first-order valence-corrected chi connectivity index (χ1v) is 9.16. The Hall–Kier alpha value is -1.85. The van der Waals surface area contributed by atoms with Crippen LogP contribution in [0.5, 0.6) is 0 Å². The fraction of sp³-hybridized carbons (Fsp3) is 0.722. The van der Waals surface area contributed by atoms with E-state index in [-0.39, 0.29) is 11.3 Å². The van der Waals surface area contributed by atoms with Gasteiger partial charge in [0.15, 0.2) is 0 Å². The second kappa shape index (κ2) is 5.90. The summed E-state index contributed by atoms with van der Waals surface area (Å²) in [4.78, 5) is 29.8. The van der Waals surface area contributed by atoms with E-state index in [1.54, 1.807) is 24.0 Å². The molecule has 6 heteroatoms. The van der Waals surface area contributed by atoms with Crippen LogP contribution in [0.15, 0.2) is 12.3 Å². The molecule has 3 heterocycles. The van der Waals surface area contributed by atoms with Crippen LogP contribution in [0.4, 0.5) is 0 Å². The summed E-state index contributed by atoms with van der Waals surface area (Å²) >= 11 is 0. The van der Waals surface area contributed by atoms with Crippen molar-refractivity contribution in [1.29, 1.82) is 0 Å². The zero-order chi connectivity index (χ0) is 16.7. The summed E-state index contributed by atoms with van der Waals surface area (Å²) < 4.78 is 1.61. The molecule has 1 atom stereocenters. The molecule has 1 spiro atoms. The van der Waals surface area contributed by atoms with Crippen LogP contribution in [0, 0.1) is 11.3 Å². The second-order valence-corrected chi connectivity index (χ2v) is 7.75. The van der Waals surface area contributed by atoms with Crippen LogP contribution < -0.4 is 0 Å².